The molecule has 0 saturated carbocycles. The molecule has 0 spiro atoms. The van der Waals surface area contributed by atoms with Gasteiger partial charge in [0.15, 0.2) is 5.82 Å². The molecular weight excluding hydrogens is 236 g/mol. The third-order valence-corrected chi connectivity index (χ3v) is 2.35. The first-order valence-electron chi connectivity index (χ1n) is 5.26. The minimum absolute atomic E-state index is 0.0288. The van der Waals surface area contributed by atoms with Gasteiger partial charge in [0, 0.05) is 6.20 Å². The summed E-state index contributed by atoms with van der Waals surface area (Å²) in [6.45, 7) is 1.65. The van der Waals surface area contributed by atoms with Crippen LogP contribution in [0.2, 0.25) is 0 Å². The Morgan fingerprint density at radius 2 is 2.22 bits per heavy atom. The van der Waals surface area contributed by atoms with Crippen LogP contribution in [0, 0.1) is 0 Å². The smallest absolute Gasteiger partial charge is 0.377 e. The van der Waals surface area contributed by atoms with Crippen molar-refractivity contribution in [3.63, 3.8) is 0 Å². The first-order chi connectivity index (χ1) is 8.61. The summed E-state index contributed by atoms with van der Waals surface area (Å²) >= 11 is 0. The molecule has 7 nitrogen and oxygen atoms in total. The summed E-state index contributed by atoms with van der Waals surface area (Å²) in [5, 5.41) is 13.3. The molecule has 0 aromatic carbocycles. The van der Waals surface area contributed by atoms with Crippen LogP contribution in [0.5, 0.6) is 0 Å². The molecule has 2 aromatic rings. The minimum atomic E-state index is -0.602. The lowest BCUT2D eigenvalue weighted by molar-refractivity contribution is 0.0587. The van der Waals surface area contributed by atoms with Gasteiger partial charge < -0.3 is 9.84 Å². The second-order valence-electron chi connectivity index (χ2n) is 3.63. The Hall–Kier alpha value is -2.28. The quantitative estimate of drug-likeness (QED) is 0.795. The maximum absolute atomic E-state index is 11.2. The van der Waals surface area contributed by atoms with Gasteiger partial charge in [0.2, 0.25) is 0 Å². The predicted molar refractivity (Wildman–Crippen MR) is 61.1 cm³/mol. The maximum atomic E-state index is 11.2. The van der Waals surface area contributed by atoms with E-state index in [9.17, 15) is 9.90 Å². The molecule has 0 saturated heterocycles. The number of hydrogen-bond donors (Lipinski definition) is 1. The van der Waals surface area contributed by atoms with Crippen molar-refractivity contribution in [2.75, 3.05) is 7.11 Å². The molecule has 0 aliphatic rings. The van der Waals surface area contributed by atoms with E-state index < -0.39 is 12.1 Å². The molecule has 2 heterocycles. The van der Waals surface area contributed by atoms with E-state index in [-0.39, 0.29) is 5.82 Å². The van der Waals surface area contributed by atoms with Gasteiger partial charge in [-0.1, -0.05) is 6.07 Å². The number of carbonyl (C=O) groups is 1. The lowest BCUT2D eigenvalue weighted by Crippen LogP contribution is -2.06. The van der Waals surface area contributed by atoms with Crippen molar-refractivity contribution in [1.29, 1.82) is 0 Å². The zero-order valence-electron chi connectivity index (χ0n) is 9.94. The molecule has 1 N–H and O–H groups in total. The van der Waals surface area contributed by atoms with Crippen LogP contribution >= 0.6 is 0 Å². The van der Waals surface area contributed by atoms with E-state index in [1.54, 1.807) is 25.3 Å². The fraction of sp³-hybridized carbons (Fsp3) is 0.273. The van der Waals surface area contributed by atoms with Crippen LogP contribution in [0.4, 0.5) is 0 Å². The van der Waals surface area contributed by atoms with Crippen LogP contribution in [-0.4, -0.2) is 37.9 Å². The standard InChI is InChI=1S/C11H12N4O3/c1-7(16)8-3-4-9(12-5-8)15-6-13-10(14-15)11(17)18-2/h3-7,16H,1-2H3. The molecule has 0 aliphatic heterocycles. The first kappa shape index (κ1) is 12.2. The zero-order chi connectivity index (χ0) is 13.1. The van der Waals surface area contributed by atoms with Crippen molar-refractivity contribution in [1.82, 2.24) is 19.7 Å². The normalized spacial score (nSPS) is 12.2. The van der Waals surface area contributed by atoms with E-state index in [4.69, 9.17) is 0 Å². The van der Waals surface area contributed by atoms with Crippen molar-refractivity contribution in [3.8, 4) is 5.82 Å². The van der Waals surface area contributed by atoms with E-state index in [2.05, 4.69) is 19.8 Å². The molecular formula is C11H12N4O3. The zero-order valence-corrected chi connectivity index (χ0v) is 9.94. The fourth-order valence-electron chi connectivity index (χ4n) is 1.34. The Morgan fingerprint density at radius 1 is 1.44 bits per heavy atom. The second kappa shape index (κ2) is 4.92. The number of hydrogen-bond acceptors (Lipinski definition) is 6. The van der Waals surface area contributed by atoms with E-state index in [1.165, 1.54) is 18.1 Å². The van der Waals surface area contributed by atoms with E-state index in [0.29, 0.717) is 11.4 Å². The number of aliphatic hydroxyl groups excluding tert-OH is 1. The average Bonchev–Trinajstić information content (AvgIpc) is 2.87. The molecule has 7 heteroatoms. The largest absolute Gasteiger partial charge is 0.463 e. The van der Waals surface area contributed by atoms with Crippen molar-refractivity contribution < 1.29 is 14.6 Å². The topological polar surface area (TPSA) is 90.1 Å². The van der Waals surface area contributed by atoms with E-state index in [0.717, 1.165) is 0 Å². The maximum Gasteiger partial charge on any atom is 0.377 e. The van der Waals surface area contributed by atoms with Crippen molar-refractivity contribution in [2.45, 2.75) is 13.0 Å². The molecule has 0 amide bonds. The molecule has 0 radical (unpaired) electrons. The van der Waals surface area contributed by atoms with Gasteiger partial charge >= 0.3 is 5.97 Å². The SMILES string of the molecule is COC(=O)c1ncn(-c2ccc(C(C)O)cn2)n1. The highest BCUT2D eigenvalue weighted by atomic mass is 16.5. The second-order valence-corrected chi connectivity index (χ2v) is 3.63. The third kappa shape index (κ3) is 2.35. The van der Waals surface area contributed by atoms with Crippen LogP contribution in [0.3, 0.4) is 0 Å². The van der Waals surface area contributed by atoms with Gasteiger partial charge in [0.05, 0.1) is 13.2 Å². The van der Waals surface area contributed by atoms with E-state index >= 15 is 0 Å². The van der Waals surface area contributed by atoms with Gasteiger partial charge in [-0.25, -0.2) is 19.4 Å². The van der Waals surface area contributed by atoms with Gasteiger partial charge in [-0.15, -0.1) is 5.10 Å². The summed E-state index contributed by atoms with van der Waals surface area (Å²) < 4.78 is 5.86. The Balaban J connectivity index is 2.26. The molecule has 18 heavy (non-hydrogen) atoms. The van der Waals surface area contributed by atoms with Crippen molar-refractivity contribution in [2.24, 2.45) is 0 Å². The average molecular weight is 248 g/mol. The van der Waals surface area contributed by atoms with Gasteiger partial charge in [-0.05, 0) is 18.6 Å². The number of nitrogens with zero attached hydrogens (tertiary/aromatic N) is 4. The summed E-state index contributed by atoms with van der Waals surface area (Å²) in [7, 11) is 1.26. The van der Waals surface area contributed by atoms with Gasteiger partial charge in [-0.2, -0.15) is 0 Å². The van der Waals surface area contributed by atoms with Gasteiger partial charge in [0.25, 0.3) is 5.82 Å². The first-order valence-corrected chi connectivity index (χ1v) is 5.26. The number of aliphatic hydroxyl groups is 1. The van der Waals surface area contributed by atoms with Gasteiger partial charge in [-0.3, -0.25) is 0 Å². The summed E-state index contributed by atoms with van der Waals surface area (Å²) in [6, 6.07) is 3.41. The number of rotatable bonds is 3. The summed E-state index contributed by atoms with van der Waals surface area (Å²) in [5.74, 6) is -0.129. The number of carbonyl (C=O) groups excluding carboxylic acids is 1. The molecule has 94 valence electrons. The van der Waals surface area contributed by atoms with Crippen LogP contribution in [0.1, 0.15) is 29.2 Å². The highest BCUT2D eigenvalue weighted by Crippen LogP contribution is 2.12. The van der Waals surface area contributed by atoms with Crippen molar-refractivity contribution >= 4 is 5.97 Å². The van der Waals surface area contributed by atoms with E-state index in [1.807, 2.05) is 0 Å². The molecule has 0 fully saturated rings. The number of methoxy groups -OCH3 is 1. The molecule has 1 unspecified atom stereocenters. The summed E-state index contributed by atoms with van der Waals surface area (Å²) in [6.07, 6.45) is 2.34. The molecule has 0 aliphatic carbocycles. The highest BCUT2D eigenvalue weighted by molar-refractivity contribution is 5.84. The Kier molecular flexibility index (Phi) is 3.33. The predicted octanol–water partition coefficient (Wildman–Crippen LogP) is 0.502. The molecule has 1 atom stereocenters. The molecule has 0 bridgehead atoms. The summed E-state index contributed by atoms with van der Waals surface area (Å²) in [4.78, 5) is 19.1. The summed E-state index contributed by atoms with van der Waals surface area (Å²) in [5.41, 5.74) is 0.701. The highest BCUT2D eigenvalue weighted by Gasteiger charge is 2.12. The molecule has 2 aromatic heterocycles. The van der Waals surface area contributed by atoms with Crippen LogP contribution in [0.25, 0.3) is 5.82 Å². The number of pyridine rings is 1. The Bertz CT molecular complexity index is 548. The Morgan fingerprint density at radius 3 is 2.78 bits per heavy atom. The van der Waals surface area contributed by atoms with Crippen LogP contribution in [-0.2, 0) is 4.74 Å². The van der Waals surface area contributed by atoms with Crippen LogP contribution < -0.4 is 0 Å². The Labute approximate surface area is 103 Å². The third-order valence-electron chi connectivity index (χ3n) is 2.35. The lowest BCUT2D eigenvalue weighted by Gasteiger charge is -2.04. The number of aromatic nitrogens is 4. The minimum Gasteiger partial charge on any atom is -0.463 e. The monoisotopic (exact) mass is 248 g/mol. The lowest BCUT2D eigenvalue weighted by atomic mass is 10.2. The van der Waals surface area contributed by atoms with Gasteiger partial charge in [0.1, 0.15) is 6.33 Å². The number of esters is 1. The molecule has 2 rings (SSSR count). The fourth-order valence-corrected chi connectivity index (χ4v) is 1.34. The van der Waals surface area contributed by atoms with Crippen molar-refractivity contribution in [3.05, 3.63) is 36.0 Å². The van der Waals surface area contributed by atoms with Crippen LogP contribution in [0.15, 0.2) is 24.7 Å². The number of ether oxygens (including phenoxy) is 1.